The van der Waals surface area contributed by atoms with Crippen LogP contribution < -0.4 is 0 Å². The second-order valence-corrected chi connectivity index (χ2v) is 5.44. The fourth-order valence-electron chi connectivity index (χ4n) is 1.80. The lowest BCUT2D eigenvalue weighted by atomic mass is 10.1. The van der Waals surface area contributed by atoms with Crippen molar-refractivity contribution in [1.29, 1.82) is 0 Å². The number of hydrogen-bond donors (Lipinski definition) is 1. The number of benzene rings is 1. The Hall–Kier alpha value is -2.34. The van der Waals surface area contributed by atoms with Crippen LogP contribution in [0.15, 0.2) is 41.5 Å². The van der Waals surface area contributed by atoms with E-state index in [1.165, 1.54) is 18.2 Å². The first-order valence-corrected chi connectivity index (χ1v) is 6.98. The highest BCUT2D eigenvalue weighted by Crippen LogP contribution is 2.28. The van der Waals surface area contributed by atoms with Crippen molar-refractivity contribution < 1.29 is 18.7 Å². The first-order valence-electron chi connectivity index (χ1n) is 6.61. The number of pyridine rings is 1. The minimum atomic E-state index is -3.30. The van der Waals surface area contributed by atoms with E-state index in [4.69, 9.17) is 16.7 Å². The number of carboxylic acids is 1. The van der Waals surface area contributed by atoms with E-state index in [0.29, 0.717) is 18.2 Å². The summed E-state index contributed by atoms with van der Waals surface area (Å²) in [5.41, 5.74) is 1.83. The Morgan fingerprint density at radius 1 is 1.30 bits per heavy atom. The Balaban J connectivity index is 2.56. The molecule has 0 aliphatic rings. The predicted molar refractivity (Wildman–Crippen MR) is 84.9 cm³/mol. The van der Waals surface area contributed by atoms with Gasteiger partial charge in [-0.3, -0.25) is 4.98 Å². The normalized spacial score (nSPS) is 12.3. The van der Waals surface area contributed by atoms with Gasteiger partial charge in [0.2, 0.25) is 0 Å². The van der Waals surface area contributed by atoms with E-state index in [1.54, 1.807) is 12.3 Å². The number of aromatic nitrogens is 1. The molecule has 0 saturated heterocycles. The van der Waals surface area contributed by atoms with Gasteiger partial charge in [-0.2, -0.15) is 8.78 Å². The van der Waals surface area contributed by atoms with Crippen LogP contribution in [0.5, 0.6) is 0 Å². The van der Waals surface area contributed by atoms with Crippen LogP contribution in [-0.2, 0) is 0 Å². The number of aromatic carboxylic acids is 1. The molecule has 0 bridgehead atoms. The molecule has 0 saturated carbocycles. The first kappa shape index (κ1) is 17.0. The summed E-state index contributed by atoms with van der Waals surface area (Å²) in [6.45, 7) is 2.48. The number of carbonyl (C=O) groups is 1. The van der Waals surface area contributed by atoms with E-state index in [1.807, 2.05) is 13.0 Å². The first-order chi connectivity index (χ1) is 10.7. The lowest BCUT2D eigenvalue weighted by Gasteiger charge is -2.09. The number of nitrogens with zero attached hydrogens (tertiary/aromatic N) is 2. The van der Waals surface area contributed by atoms with Gasteiger partial charge in [0.1, 0.15) is 0 Å². The van der Waals surface area contributed by atoms with Crippen LogP contribution >= 0.6 is 11.6 Å². The number of hydrogen-bond acceptors (Lipinski definition) is 3. The summed E-state index contributed by atoms with van der Waals surface area (Å²) in [5, 5.41) is 8.25. The van der Waals surface area contributed by atoms with Crippen LogP contribution in [0, 0.1) is 6.92 Å². The Morgan fingerprint density at radius 3 is 2.52 bits per heavy atom. The lowest BCUT2D eigenvalue weighted by molar-refractivity contribution is 0.0697. The van der Waals surface area contributed by atoms with Gasteiger partial charge in [0, 0.05) is 18.7 Å². The van der Waals surface area contributed by atoms with E-state index in [0.717, 1.165) is 5.56 Å². The number of carboxylic acid groups (broad SMARTS) is 1. The predicted octanol–water partition coefficient (Wildman–Crippen LogP) is 4.68. The summed E-state index contributed by atoms with van der Waals surface area (Å²) in [6, 6.07) is 7.55. The van der Waals surface area contributed by atoms with Crippen molar-refractivity contribution in [1.82, 2.24) is 4.98 Å². The van der Waals surface area contributed by atoms with E-state index in [2.05, 4.69) is 9.98 Å². The molecule has 0 aliphatic carbocycles. The van der Waals surface area contributed by atoms with Crippen LogP contribution in [0.25, 0.3) is 11.3 Å². The van der Waals surface area contributed by atoms with Crippen LogP contribution in [0.4, 0.5) is 14.5 Å². The molecule has 4 nitrogen and oxygen atoms in total. The molecule has 0 radical (unpaired) electrons. The molecule has 0 amide bonds. The topological polar surface area (TPSA) is 62.5 Å². The average Bonchev–Trinajstić information content (AvgIpc) is 2.46. The maximum atomic E-state index is 13.1. The van der Waals surface area contributed by atoms with Gasteiger partial charge < -0.3 is 5.11 Å². The second-order valence-electron chi connectivity index (χ2n) is 5.09. The molecule has 7 heteroatoms. The minimum absolute atomic E-state index is 0.0220. The van der Waals surface area contributed by atoms with Crippen LogP contribution in [0.3, 0.4) is 0 Å². The SMILES string of the molecule is Cc1ccc(-c2cc(/N=C(/Cl)C(C)(F)F)cc(C(=O)O)c2)nc1. The van der Waals surface area contributed by atoms with Gasteiger partial charge in [0.05, 0.1) is 16.9 Å². The molecular weight excluding hydrogens is 326 g/mol. The van der Waals surface area contributed by atoms with Crippen molar-refractivity contribution in [3.63, 3.8) is 0 Å². The van der Waals surface area contributed by atoms with Crippen molar-refractivity contribution in [2.24, 2.45) is 4.99 Å². The van der Waals surface area contributed by atoms with E-state index in [-0.39, 0.29) is 11.3 Å². The van der Waals surface area contributed by atoms with Gasteiger partial charge >= 0.3 is 5.97 Å². The quantitative estimate of drug-likeness (QED) is 0.823. The fourth-order valence-corrected chi connectivity index (χ4v) is 1.89. The van der Waals surface area contributed by atoms with Crippen molar-refractivity contribution in [3.8, 4) is 11.3 Å². The monoisotopic (exact) mass is 338 g/mol. The maximum Gasteiger partial charge on any atom is 0.335 e. The van der Waals surface area contributed by atoms with E-state index >= 15 is 0 Å². The number of alkyl halides is 2. The number of halogens is 3. The van der Waals surface area contributed by atoms with E-state index in [9.17, 15) is 13.6 Å². The molecule has 0 aliphatic heterocycles. The third-order valence-corrected chi connectivity index (χ3v) is 3.38. The standard InChI is InChI=1S/C16H13ClF2N2O2/c1-9-3-4-13(20-8-9)10-5-11(14(22)23)7-12(6-10)21-15(17)16(2,18)19/h3-8H,1-2H3,(H,22,23)/b21-15+. The van der Waals surface area contributed by atoms with Crippen molar-refractivity contribution in [2.45, 2.75) is 19.8 Å². The number of rotatable bonds is 4. The van der Waals surface area contributed by atoms with Crippen LogP contribution in [-0.4, -0.2) is 27.2 Å². The molecule has 2 aromatic rings. The maximum absolute atomic E-state index is 13.1. The molecule has 1 N–H and O–H groups in total. The molecule has 0 unspecified atom stereocenters. The van der Waals surface area contributed by atoms with Crippen molar-refractivity contribution >= 4 is 28.4 Å². The molecule has 23 heavy (non-hydrogen) atoms. The number of aryl methyl sites for hydroxylation is 1. The summed E-state index contributed by atoms with van der Waals surface area (Å²) >= 11 is 5.48. The zero-order chi connectivity index (χ0) is 17.2. The highest BCUT2D eigenvalue weighted by molar-refractivity contribution is 6.67. The Kier molecular flexibility index (Phi) is 4.75. The van der Waals surface area contributed by atoms with Gasteiger partial charge in [0.15, 0.2) is 5.17 Å². The third-order valence-electron chi connectivity index (χ3n) is 2.96. The average molecular weight is 339 g/mol. The molecule has 0 atom stereocenters. The highest BCUT2D eigenvalue weighted by Gasteiger charge is 2.28. The molecule has 2 rings (SSSR count). The van der Waals surface area contributed by atoms with E-state index < -0.39 is 17.1 Å². The minimum Gasteiger partial charge on any atom is -0.478 e. The Morgan fingerprint density at radius 2 is 2.00 bits per heavy atom. The Bertz CT molecular complexity index is 769. The van der Waals surface area contributed by atoms with Gasteiger partial charge in [-0.25, -0.2) is 9.79 Å². The summed E-state index contributed by atoms with van der Waals surface area (Å²) in [4.78, 5) is 19.0. The van der Waals surface area contributed by atoms with Gasteiger partial charge in [0.25, 0.3) is 5.92 Å². The van der Waals surface area contributed by atoms with Crippen molar-refractivity contribution in [3.05, 3.63) is 47.7 Å². The largest absolute Gasteiger partial charge is 0.478 e. The molecule has 1 heterocycles. The zero-order valence-corrected chi connectivity index (χ0v) is 13.1. The summed E-state index contributed by atoms with van der Waals surface area (Å²) in [5.74, 6) is -4.50. The molecule has 1 aromatic heterocycles. The summed E-state index contributed by atoms with van der Waals surface area (Å²) < 4.78 is 26.3. The molecule has 0 fully saturated rings. The smallest absolute Gasteiger partial charge is 0.335 e. The molecule has 120 valence electrons. The van der Waals surface area contributed by atoms with Crippen LogP contribution in [0.2, 0.25) is 0 Å². The van der Waals surface area contributed by atoms with Gasteiger partial charge in [-0.05, 0) is 36.8 Å². The van der Waals surface area contributed by atoms with Gasteiger partial charge in [-0.1, -0.05) is 17.7 Å². The molecule has 0 spiro atoms. The molecular formula is C16H13ClF2N2O2. The van der Waals surface area contributed by atoms with Crippen molar-refractivity contribution in [2.75, 3.05) is 0 Å². The summed E-state index contributed by atoms with van der Waals surface area (Å²) in [6.07, 6.45) is 1.62. The highest BCUT2D eigenvalue weighted by atomic mass is 35.5. The van der Waals surface area contributed by atoms with Gasteiger partial charge in [-0.15, -0.1) is 0 Å². The number of aliphatic imine (C=N–C) groups is 1. The Labute approximate surface area is 136 Å². The summed E-state index contributed by atoms with van der Waals surface area (Å²) in [7, 11) is 0. The third kappa shape index (κ3) is 4.32. The fraction of sp³-hybridized carbons (Fsp3) is 0.188. The van der Waals surface area contributed by atoms with Crippen LogP contribution in [0.1, 0.15) is 22.8 Å². The molecule has 1 aromatic carbocycles. The lowest BCUT2D eigenvalue weighted by Crippen LogP contribution is -2.18. The zero-order valence-electron chi connectivity index (χ0n) is 12.3. The second kappa shape index (κ2) is 6.42.